The quantitative estimate of drug-likeness (QED) is 0.866. The third-order valence-corrected chi connectivity index (χ3v) is 2.61. The van der Waals surface area contributed by atoms with E-state index in [2.05, 4.69) is 15.5 Å². The summed E-state index contributed by atoms with van der Waals surface area (Å²) < 4.78 is 0. The summed E-state index contributed by atoms with van der Waals surface area (Å²) in [6.45, 7) is 2.01. The highest BCUT2D eigenvalue weighted by Crippen LogP contribution is 2.23. The predicted molar refractivity (Wildman–Crippen MR) is 66.8 cm³/mol. The molecular formula is C12H12ClN3. The van der Waals surface area contributed by atoms with Gasteiger partial charge in [-0.05, 0) is 30.7 Å². The molecule has 2 rings (SSSR count). The lowest BCUT2D eigenvalue weighted by Crippen LogP contribution is -1.98. The molecule has 0 radical (unpaired) electrons. The van der Waals surface area contributed by atoms with E-state index in [4.69, 9.17) is 11.6 Å². The van der Waals surface area contributed by atoms with E-state index in [9.17, 15) is 0 Å². The summed E-state index contributed by atoms with van der Waals surface area (Å²) in [4.78, 5) is 0. The number of aromatic nitrogens is 2. The van der Waals surface area contributed by atoms with Crippen LogP contribution < -0.4 is 5.32 Å². The van der Waals surface area contributed by atoms with Crippen molar-refractivity contribution in [3.63, 3.8) is 0 Å². The largest absolute Gasteiger partial charge is 0.372 e. The van der Waals surface area contributed by atoms with Gasteiger partial charge >= 0.3 is 0 Å². The van der Waals surface area contributed by atoms with Crippen LogP contribution in [0, 0.1) is 6.92 Å². The van der Waals surface area contributed by atoms with E-state index < -0.39 is 0 Å². The highest BCUT2D eigenvalue weighted by molar-refractivity contribution is 6.30. The van der Waals surface area contributed by atoms with E-state index in [1.54, 1.807) is 0 Å². The Kier molecular flexibility index (Phi) is 3.06. The van der Waals surface area contributed by atoms with Crippen LogP contribution in [0.15, 0.2) is 30.3 Å². The third kappa shape index (κ3) is 2.14. The van der Waals surface area contributed by atoms with Crippen LogP contribution in [0.2, 0.25) is 5.02 Å². The fourth-order valence-electron chi connectivity index (χ4n) is 1.50. The molecule has 1 aromatic carbocycles. The van der Waals surface area contributed by atoms with Crippen molar-refractivity contribution in [2.24, 2.45) is 0 Å². The van der Waals surface area contributed by atoms with Crippen molar-refractivity contribution in [1.82, 2.24) is 10.2 Å². The first-order chi connectivity index (χ1) is 7.70. The summed E-state index contributed by atoms with van der Waals surface area (Å²) in [7, 11) is 1.82. The van der Waals surface area contributed by atoms with Gasteiger partial charge in [-0.3, -0.25) is 0 Å². The van der Waals surface area contributed by atoms with Crippen LogP contribution in [-0.2, 0) is 0 Å². The zero-order valence-corrected chi connectivity index (χ0v) is 9.92. The smallest absolute Gasteiger partial charge is 0.148 e. The molecule has 3 nitrogen and oxygen atoms in total. The molecule has 0 saturated heterocycles. The van der Waals surface area contributed by atoms with Gasteiger partial charge in [0.15, 0.2) is 0 Å². The third-order valence-electron chi connectivity index (χ3n) is 2.36. The SMILES string of the molecule is CNc1cc(C)c(-c2ccc(Cl)cc2)nn1. The molecule has 0 aliphatic rings. The molecule has 1 heterocycles. The number of hydrogen-bond acceptors (Lipinski definition) is 3. The first-order valence-corrected chi connectivity index (χ1v) is 5.36. The van der Waals surface area contributed by atoms with E-state index in [0.29, 0.717) is 0 Å². The van der Waals surface area contributed by atoms with Crippen molar-refractivity contribution < 1.29 is 0 Å². The summed E-state index contributed by atoms with van der Waals surface area (Å²) in [5.74, 6) is 0.773. The second-order valence-corrected chi connectivity index (χ2v) is 3.95. The summed E-state index contributed by atoms with van der Waals surface area (Å²) in [6.07, 6.45) is 0. The second-order valence-electron chi connectivity index (χ2n) is 3.52. The number of benzene rings is 1. The molecule has 1 N–H and O–H groups in total. The van der Waals surface area contributed by atoms with Crippen molar-refractivity contribution >= 4 is 17.4 Å². The predicted octanol–water partition coefficient (Wildman–Crippen LogP) is 3.15. The van der Waals surface area contributed by atoms with E-state index in [0.717, 1.165) is 27.7 Å². The van der Waals surface area contributed by atoms with Crippen LogP contribution in [-0.4, -0.2) is 17.2 Å². The minimum absolute atomic E-state index is 0.723. The lowest BCUT2D eigenvalue weighted by molar-refractivity contribution is 1.02. The van der Waals surface area contributed by atoms with Crippen molar-refractivity contribution in [3.05, 3.63) is 40.9 Å². The minimum Gasteiger partial charge on any atom is -0.372 e. The highest BCUT2D eigenvalue weighted by Gasteiger charge is 2.05. The van der Waals surface area contributed by atoms with Gasteiger partial charge in [0.1, 0.15) is 5.82 Å². The Morgan fingerprint density at radius 1 is 1.12 bits per heavy atom. The average molecular weight is 234 g/mol. The van der Waals surface area contributed by atoms with E-state index in [1.807, 2.05) is 44.3 Å². The van der Waals surface area contributed by atoms with Gasteiger partial charge in [-0.1, -0.05) is 23.7 Å². The molecule has 2 aromatic rings. The number of aryl methyl sites for hydroxylation is 1. The number of anilines is 1. The molecule has 82 valence electrons. The Morgan fingerprint density at radius 3 is 2.38 bits per heavy atom. The molecule has 4 heteroatoms. The molecule has 0 unspecified atom stereocenters. The summed E-state index contributed by atoms with van der Waals surface area (Å²) in [5.41, 5.74) is 2.99. The monoisotopic (exact) mass is 233 g/mol. The Bertz CT molecular complexity index is 494. The van der Waals surface area contributed by atoms with Gasteiger partial charge < -0.3 is 5.32 Å². The number of nitrogens with one attached hydrogen (secondary N) is 1. The summed E-state index contributed by atoms with van der Waals surface area (Å²) >= 11 is 5.84. The number of nitrogens with zero attached hydrogens (tertiary/aromatic N) is 2. The molecule has 0 fully saturated rings. The Hall–Kier alpha value is -1.61. The topological polar surface area (TPSA) is 37.8 Å². The molecule has 0 spiro atoms. The summed E-state index contributed by atoms with van der Waals surface area (Å²) in [6, 6.07) is 9.56. The van der Waals surface area contributed by atoms with Crippen LogP contribution in [0.1, 0.15) is 5.56 Å². The van der Waals surface area contributed by atoms with Gasteiger partial charge in [0, 0.05) is 17.6 Å². The van der Waals surface area contributed by atoms with Crippen LogP contribution in [0.5, 0.6) is 0 Å². The van der Waals surface area contributed by atoms with Gasteiger partial charge in [-0.2, -0.15) is 0 Å². The van der Waals surface area contributed by atoms with Crippen molar-refractivity contribution in [1.29, 1.82) is 0 Å². The van der Waals surface area contributed by atoms with E-state index in [1.165, 1.54) is 0 Å². The first kappa shape index (κ1) is 10.9. The van der Waals surface area contributed by atoms with Crippen LogP contribution in [0.3, 0.4) is 0 Å². The molecule has 0 bridgehead atoms. The van der Waals surface area contributed by atoms with Crippen LogP contribution >= 0.6 is 11.6 Å². The zero-order valence-electron chi connectivity index (χ0n) is 9.16. The normalized spacial score (nSPS) is 10.2. The molecule has 16 heavy (non-hydrogen) atoms. The number of rotatable bonds is 2. The van der Waals surface area contributed by atoms with E-state index in [-0.39, 0.29) is 0 Å². The zero-order chi connectivity index (χ0) is 11.5. The van der Waals surface area contributed by atoms with Crippen molar-refractivity contribution in [3.8, 4) is 11.3 Å². The maximum atomic E-state index is 5.84. The molecule has 0 atom stereocenters. The fourth-order valence-corrected chi connectivity index (χ4v) is 1.63. The van der Waals surface area contributed by atoms with Gasteiger partial charge in [-0.25, -0.2) is 0 Å². The standard InChI is InChI=1S/C12H12ClN3/c1-8-7-11(14-2)15-16-12(8)9-3-5-10(13)6-4-9/h3-7H,1-2H3,(H,14,15). The number of hydrogen-bond donors (Lipinski definition) is 1. The summed E-state index contributed by atoms with van der Waals surface area (Å²) in [5, 5.41) is 11.9. The van der Waals surface area contributed by atoms with Crippen LogP contribution in [0.25, 0.3) is 11.3 Å². The van der Waals surface area contributed by atoms with Gasteiger partial charge in [-0.15, -0.1) is 10.2 Å². The van der Waals surface area contributed by atoms with Gasteiger partial charge in [0.05, 0.1) is 5.69 Å². The van der Waals surface area contributed by atoms with Crippen LogP contribution in [0.4, 0.5) is 5.82 Å². The maximum absolute atomic E-state index is 5.84. The fraction of sp³-hybridized carbons (Fsp3) is 0.167. The minimum atomic E-state index is 0.723. The number of halogens is 1. The van der Waals surface area contributed by atoms with Gasteiger partial charge in [0.2, 0.25) is 0 Å². The van der Waals surface area contributed by atoms with Gasteiger partial charge in [0.25, 0.3) is 0 Å². The Balaban J connectivity index is 2.44. The second kappa shape index (κ2) is 4.49. The van der Waals surface area contributed by atoms with Crippen molar-refractivity contribution in [2.75, 3.05) is 12.4 Å². The first-order valence-electron chi connectivity index (χ1n) is 4.98. The average Bonchev–Trinajstić information content (AvgIpc) is 2.30. The van der Waals surface area contributed by atoms with E-state index >= 15 is 0 Å². The molecular weight excluding hydrogens is 222 g/mol. The highest BCUT2D eigenvalue weighted by atomic mass is 35.5. The Labute approximate surface area is 99.5 Å². The molecule has 0 aliphatic heterocycles. The lowest BCUT2D eigenvalue weighted by atomic mass is 10.1. The molecule has 0 saturated carbocycles. The Morgan fingerprint density at radius 2 is 1.81 bits per heavy atom. The molecule has 0 amide bonds. The lowest BCUT2D eigenvalue weighted by Gasteiger charge is -2.06. The maximum Gasteiger partial charge on any atom is 0.148 e. The molecule has 0 aliphatic carbocycles. The van der Waals surface area contributed by atoms with Crippen molar-refractivity contribution in [2.45, 2.75) is 6.92 Å². The molecule has 1 aromatic heterocycles.